The van der Waals surface area contributed by atoms with Gasteiger partial charge in [0.1, 0.15) is 5.69 Å². The Balaban J connectivity index is 1.31. The van der Waals surface area contributed by atoms with E-state index in [1.807, 2.05) is 25.3 Å². The van der Waals surface area contributed by atoms with Gasteiger partial charge in [-0.1, -0.05) is 19.8 Å². The third-order valence-corrected chi connectivity index (χ3v) is 9.36. The summed E-state index contributed by atoms with van der Waals surface area (Å²) in [5.74, 6) is -0.0926. The number of nitrogens with zero attached hydrogens (tertiary/aromatic N) is 5. The summed E-state index contributed by atoms with van der Waals surface area (Å²) in [7, 11) is 1.33. The minimum absolute atomic E-state index is 0.0561. The van der Waals surface area contributed by atoms with Gasteiger partial charge in [0.15, 0.2) is 11.1 Å². The number of aromatic nitrogens is 5. The molecule has 2 saturated carbocycles. The third-order valence-electron chi connectivity index (χ3n) is 9.36. The molecule has 40 heavy (non-hydrogen) atoms. The molecule has 2 aliphatic heterocycles. The number of methoxy groups -OCH3 is 1. The smallest absolute Gasteiger partial charge is 0.322 e. The molecule has 2 N–H and O–H groups in total. The standard InChI is InChI=1S/C29H37N7O4/c1-4-35-23(11-12-30-35)26(37)33-25(18-7-5-17(2)6-8-18)22-16-36-24(32-22)10-9-20(34-36)15-29(28(39)40-3)19-13-21(14-19)31-27(29)38/h9-12,16-19,21,25H,4-8,13-15H2,1-3H3,(H,31,38)(H,33,37)/t17-,18-,19?,21?,25-,29?/m0/s1. The van der Waals surface area contributed by atoms with Crippen molar-refractivity contribution in [2.24, 2.45) is 23.2 Å². The van der Waals surface area contributed by atoms with E-state index >= 15 is 0 Å². The Morgan fingerprint density at radius 3 is 2.67 bits per heavy atom. The molecule has 7 rings (SSSR count). The summed E-state index contributed by atoms with van der Waals surface area (Å²) < 4.78 is 8.50. The molecule has 2 amide bonds. The Morgan fingerprint density at radius 1 is 1.20 bits per heavy atom. The van der Waals surface area contributed by atoms with E-state index in [2.05, 4.69) is 22.7 Å². The lowest BCUT2D eigenvalue weighted by Gasteiger charge is -2.52. The Labute approximate surface area is 233 Å². The van der Waals surface area contributed by atoms with E-state index in [-0.39, 0.29) is 42.2 Å². The maximum atomic E-state index is 13.4. The number of esters is 1. The van der Waals surface area contributed by atoms with Gasteiger partial charge in [0.05, 0.1) is 30.7 Å². The quantitative estimate of drug-likeness (QED) is 0.327. The van der Waals surface area contributed by atoms with E-state index in [1.54, 1.807) is 21.5 Å². The number of carbonyl (C=O) groups is 3. The molecular weight excluding hydrogens is 510 g/mol. The van der Waals surface area contributed by atoms with E-state index in [1.165, 1.54) is 7.11 Å². The van der Waals surface area contributed by atoms with Gasteiger partial charge in [-0.3, -0.25) is 19.1 Å². The van der Waals surface area contributed by atoms with Gasteiger partial charge >= 0.3 is 5.97 Å². The van der Waals surface area contributed by atoms with Crippen LogP contribution in [0.2, 0.25) is 0 Å². The number of hydrogen-bond acceptors (Lipinski definition) is 7. The molecule has 212 valence electrons. The number of carbonyl (C=O) groups excluding carboxylic acids is 3. The summed E-state index contributed by atoms with van der Waals surface area (Å²) in [6.45, 7) is 4.84. The highest BCUT2D eigenvalue weighted by atomic mass is 16.5. The zero-order chi connectivity index (χ0) is 28.0. The Hall–Kier alpha value is -3.76. The average molecular weight is 548 g/mol. The highest BCUT2D eigenvalue weighted by molar-refractivity contribution is 6.04. The maximum Gasteiger partial charge on any atom is 0.322 e. The zero-order valence-electron chi connectivity index (χ0n) is 23.3. The van der Waals surface area contributed by atoms with E-state index < -0.39 is 11.4 Å². The van der Waals surface area contributed by atoms with Crippen molar-refractivity contribution in [1.29, 1.82) is 0 Å². The molecule has 11 heteroatoms. The van der Waals surface area contributed by atoms with Crippen LogP contribution in [0.3, 0.4) is 0 Å². The number of rotatable bonds is 8. The molecule has 1 unspecified atom stereocenters. The first kappa shape index (κ1) is 26.5. The fraction of sp³-hybridized carbons (Fsp3) is 0.586. The topological polar surface area (TPSA) is 133 Å². The molecule has 2 saturated heterocycles. The largest absolute Gasteiger partial charge is 0.468 e. The van der Waals surface area contributed by atoms with Gasteiger partial charge in [0.2, 0.25) is 5.91 Å². The first-order valence-electron chi connectivity index (χ1n) is 14.4. The number of amides is 2. The normalized spacial score (nSPS) is 28.4. The van der Waals surface area contributed by atoms with Crippen LogP contribution in [-0.4, -0.2) is 55.3 Å². The Morgan fingerprint density at radius 2 is 1.98 bits per heavy atom. The van der Waals surface area contributed by atoms with Gasteiger partial charge in [0.25, 0.3) is 5.91 Å². The highest BCUT2D eigenvalue weighted by Crippen LogP contribution is 2.49. The van der Waals surface area contributed by atoms with E-state index in [9.17, 15) is 14.4 Å². The number of nitrogens with one attached hydrogen (secondary N) is 2. The molecule has 3 aromatic rings. The van der Waals surface area contributed by atoms with Crippen molar-refractivity contribution in [2.45, 2.75) is 77.4 Å². The van der Waals surface area contributed by atoms with Crippen LogP contribution in [0, 0.1) is 23.2 Å². The molecular formula is C29H37N7O4. The van der Waals surface area contributed by atoms with Gasteiger partial charge in [-0.15, -0.1) is 0 Å². The molecule has 2 atom stereocenters. The number of fused-ring (bicyclic) bond motifs is 3. The van der Waals surface area contributed by atoms with Crippen LogP contribution in [-0.2, 0) is 27.3 Å². The van der Waals surface area contributed by atoms with Crippen LogP contribution in [0.1, 0.15) is 80.3 Å². The van der Waals surface area contributed by atoms with Crippen molar-refractivity contribution in [3.8, 4) is 0 Å². The minimum Gasteiger partial charge on any atom is -0.468 e. The van der Waals surface area contributed by atoms with Crippen molar-refractivity contribution < 1.29 is 19.1 Å². The minimum atomic E-state index is -1.27. The molecule has 0 spiro atoms. The molecule has 11 nitrogen and oxygen atoms in total. The van der Waals surface area contributed by atoms with E-state index in [4.69, 9.17) is 14.8 Å². The first-order valence-corrected chi connectivity index (χ1v) is 14.4. The number of ether oxygens (including phenoxy) is 1. The summed E-state index contributed by atoms with van der Waals surface area (Å²) in [4.78, 5) is 44.2. The van der Waals surface area contributed by atoms with Gasteiger partial charge in [-0.25, -0.2) is 9.50 Å². The molecule has 2 aliphatic carbocycles. The summed E-state index contributed by atoms with van der Waals surface area (Å²) in [6, 6.07) is 5.29. The molecule has 4 fully saturated rings. The lowest BCUT2D eigenvalue weighted by atomic mass is 9.57. The highest BCUT2D eigenvalue weighted by Gasteiger charge is 2.61. The van der Waals surface area contributed by atoms with Crippen LogP contribution < -0.4 is 10.6 Å². The zero-order valence-corrected chi connectivity index (χ0v) is 23.3. The lowest BCUT2D eigenvalue weighted by molar-refractivity contribution is -0.173. The number of aryl methyl sites for hydroxylation is 1. The fourth-order valence-corrected chi connectivity index (χ4v) is 6.89. The molecule has 0 radical (unpaired) electrons. The lowest BCUT2D eigenvalue weighted by Crippen LogP contribution is -2.67. The summed E-state index contributed by atoms with van der Waals surface area (Å²) in [6.07, 6.45) is 9.45. The van der Waals surface area contributed by atoms with Crippen LogP contribution in [0.25, 0.3) is 5.65 Å². The second-order valence-electron chi connectivity index (χ2n) is 11.8. The van der Waals surface area contributed by atoms with Crippen molar-refractivity contribution in [3.05, 3.63) is 47.7 Å². The number of piperidine rings is 2. The summed E-state index contributed by atoms with van der Waals surface area (Å²) >= 11 is 0. The Kier molecular flexibility index (Phi) is 6.83. The molecule has 4 aliphatic rings. The molecule has 3 aromatic heterocycles. The molecule has 0 aromatic carbocycles. The second-order valence-corrected chi connectivity index (χ2v) is 11.8. The average Bonchev–Trinajstić information content (AvgIpc) is 3.59. The van der Waals surface area contributed by atoms with Gasteiger partial charge in [-0.2, -0.15) is 10.2 Å². The van der Waals surface area contributed by atoms with Crippen molar-refractivity contribution in [1.82, 2.24) is 35.0 Å². The third kappa shape index (κ3) is 4.45. The number of imidazole rings is 1. The monoisotopic (exact) mass is 547 g/mol. The van der Waals surface area contributed by atoms with Crippen LogP contribution in [0.4, 0.5) is 0 Å². The first-order chi connectivity index (χ1) is 19.3. The van der Waals surface area contributed by atoms with E-state index in [0.717, 1.165) is 44.2 Å². The fourth-order valence-electron chi connectivity index (χ4n) is 6.89. The number of hydrogen-bond donors (Lipinski definition) is 2. The van der Waals surface area contributed by atoms with Gasteiger partial charge in [0, 0.05) is 25.2 Å². The molecule has 2 bridgehead atoms. The van der Waals surface area contributed by atoms with Crippen molar-refractivity contribution in [2.75, 3.05) is 7.11 Å². The van der Waals surface area contributed by atoms with Gasteiger partial charge < -0.3 is 15.4 Å². The SMILES string of the molecule is CCn1nccc1C(=O)N[C@H](c1cn2nc(CC3(C(=O)OC)C(=O)NC4CC3C4)ccc2n1)[C@H]1CC[C@H](C)CC1. The predicted molar refractivity (Wildman–Crippen MR) is 145 cm³/mol. The summed E-state index contributed by atoms with van der Waals surface area (Å²) in [5, 5.41) is 15.3. The van der Waals surface area contributed by atoms with Crippen LogP contribution in [0.15, 0.2) is 30.6 Å². The second kappa shape index (κ2) is 10.3. The predicted octanol–water partition coefficient (Wildman–Crippen LogP) is 2.85. The van der Waals surface area contributed by atoms with Gasteiger partial charge in [-0.05, 0) is 68.6 Å². The van der Waals surface area contributed by atoms with E-state index in [0.29, 0.717) is 29.5 Å². The van der Waals surface area contributed by atoms with Crippen molar-refractivity contribution >= 4 is 23.4 Å². The van der Waals surface area contributed by atoms with Crippen LogP contribution in [0.5, 0.6) is 0 Å². The van der Waals surface area contributed by atoms with Crippen LogP contribution >= 0.6 is 0 Å². The van der Waals surface area contributed by atoms with Crippen molar-refractivity contribution in [3.63, 3.8) is 0 Å². The molecule has 5 heterocycles. The summed E-state index contributed by atoms with van der Waals surface area (Å²) in [5.41, 5.74) is 1.26. The Bertz CT molecular complexity index is 1420. The maximum absolute atomic E-state index is 13.4.